The summed E-state index contributed by atoms with van der Waals surface area (Å²) in [6.07, 6.45) is -3.23. The number of anilines is 1. The van der Waals surface area contributed by atoms with Gasteiger partial charge in [-0.3, -0.25) is 4.79 Å². The molecule has 0 radical (unpaired) electrons. The summed E-state index contributed by atoms with van der Waals surface area (Å²) >= 11 is 0. The van der Waals surface area contributed by atoms with Crippen LogP contribution in [0.2, 0.25) is 0 Å². The highest BCUT2D eigenvalue weighted by Crippen LogP contribution is 2.31. The summed E-state index contributed by atoms with van der Waals surface area (Å²) in [6, 6.07) is 20.4. The second-order valence-corrected chi connectivity index (χ2v) is 6.89. The molecule has 3 aromatic carbocycles. The average Bonchev–Trinajstić information content (AvgIpc) is 2.81. The predicted octanol–water partition coefficient (Wildman–Crippen LogP) is 5.84. The SMILES string of the molecule is COc1cc(/C=C(\C#N)C(=O)Nc2cccc(C(F)(F)F)c2)ccc1OCc1ccccc1. The molecule has 0 heterocycles. The maximum absolute atomic E-state index is 12.9. The molecule has 0 fully saturated rings. The van der Waals surface area contributed by atoms with E-state index in [1.807, 2.05) is 30.3 Å². The minimum atomic E-state index is -4.55. The number of methoxy groups -OCH3 is 1. The number of benzene rings is 3. The summed E-state index contributed by atoms with van der Waals surface area (Å²) in [6.45, 7) is 0.329. The Morgan fingerprint density at radius 1 is 1.03 bits per heavy atom. The Labute approximate surface area is 188 Å². The van der Waals surface area contributed by atoms with E-state index in [1.54, 1.807) is 24.3 Å². The molecule has 1 N–H and O–H groups in total. The monoisotopic (exact) mass is 452 g/mol. The van der Waals surface area contributed by atoms with Gasteiger partial charge in [0.05, 0.1) is 12.7 Å². The van der Waals surface area contributed by atoms with E-state index in [-0.39, 0.29) is 11.3 Å². The second-order valence-electron chi connectivity index (χ2n) is 6.89. The lowest BCUT2D eigenvalue weighted by Gasteiger charge is -2.12. The topological polar surface area (TPSA) is 71.3 Å². The number of carbonyl (C=O) groups is 1. The quantitative estimate of drug-likeness (QED) is 0.361. The smallest absolute Gasteiger partial charge is 0.416 e. The Hall–Kier alpha value is -4.25. The van der Waals surface area contributed by atoms with E-state index in [4.69, 9.17) is 9.47 Å². The lowest BCUT2D eigenvalue weighted by Crippen LogP contribution is -2.14. The summed E-state index contributed by atoms with van der Waals surface area (Å²) in [4.78, 5) is 12.5. The van der Waals surface area contributed by atoms with Gasteiger partial charge in [-0.1, -0.05) is 42.5 Å². The molecule has 0 atom stereocenters. The average molecular weight is 452 g/mol. The standard InChI is InChI=1S/C25H19F3N2O3/c1-32-23-13-18(10-11-22(23)33-16-17-6-3-2-4-7-17)12-19(15-29)24(31)30-21-9-5-8-20(14-21)25(26,27)28/h2-14H,16H2,1H3,(H,30,31)/b19-12+. The first-order chi connectivity index (χ1) is 15.8. The fourth-order valence-corrected chi connectivity index (χ4v) is 2.92. The van der Waals surface area contributed by atoms with Crippen LogP contribution in [-0.4, -0.2) is 13.0 Å². The first kappa shape index (κ1) is 23.4. The van der Waals surface area contributed by atoms with Gasteiger partial charge in [0.2, 0.25) is 0 Å². The molecule has 0 aliphatic heterocycles. The minimum absolute atomic E-state index is 0.0711. The number of alkyl halides is 3. The Bertz CT molecular complexity index is 1200. The van der Waals surface area contributed by atoms with Crippen molar-refractivity contribution in [2.24, 2.45) is 0 Å². The van der Waals surface area contributed by atoms with Crippen LogP contribution in [0.3, 0.4) is 0 Å². The maximum Gasteiger partial charge on any atom is 0.416 e. The number of nitrogens with zero attached hydrogens (tertiary/aromatic N) is 1. The highest BCUT2D eigenvalue weighted by molar-refractivity contribution is 6.09. The van der Waals surface area contributed by atoms with Crippen molar-refractivity contribution in [3.05, 3.63) is 95.1 Å². The molecule has 168 valence electrons. The number of nitrogens with one attached hydrogen (secondary N) is 1. The first-order valence-electron chi connectivity index (χ1n) is 9.75. The summed E-state index contributed by atoms with van der Waals surface area (Å²) in [5, 5.41) is 11.7. The van der Waals surface area contributed by atoms with Crippen LogP contribution in [0, 0.1) is 11.3 Å². The van der Waals surface area contributed by atoms with Crippen LogP contribution in [-0.2, 0) is 17.6 Å². The van der Waals surface area contributed by atoms with Crippen molar-refractivity contribution < 1.29 is 27.4 Å². The van der Waals surface area contributed by atoms with E-state index in [2.05, 4.69) is 5.32 Å². The van der Waals surface area contributed by atoms with Gasteiger partial charge in [0.1, 0.15) is 18.2 Å². The molecule has 3 rings (SSSR count). The largest absolute Gasteiger partial charge is 0.493 e. The van der Waals surface area contributed by atoms with E-state index in [9.17, 15) is 23.2 Å². The number of ether oxygens (including phenoxy) is 2. The van der Waals surface area contributed by atoms with Crippen LogP contribution in [0.1, 0.15) is 16.7 Å². The molecule has 1 amide bonds. The molecule has 0 bridgehead atoms. The van der Waals surface area contributed by atoms with Crippen LogP contribution in [0.15, 0.2) is 78.4 Å². The molecule has 0 saturated heterocycles. The molecule has 0 spiro atoms. The van der Waals surface area contributed by atoms with Crippen molar-refractivity contribution in [3.63, 3.8) is 0 Å². The molecule has 0 unspecified atom stereocenters. The molecule has 0 aliphatic rings. The van der Waals surface area contributed by atoms with Gasteiger partial charge in [0.15, 0.2) is 11.5 Å². The number of amides is 1. The number of hydrogen-bond acceptors (Lipinski definition) is 4. The summed E-state index contributed by atoms with van der Waals surface area (Å²) < 4.78 is 49.8. The van der Waals surface area contributed by atoms with Gasteiger partial charge < -0.3 is 14.8 Å². The molecule has 0 aromatic heterocycles. The third-order valence-corrected chi connectivity index (χ3v) is 4.55. The first-order valence-corrected chi connectivity index (χ1v) is 9.75. The molecule has 0 saturated carbocycles. The summed E-state index contributed by atoms with van der Waals surface area (Å²) in [7, 11) is 1.46. The van der Waals surface area contributed by atoms with E-state index >= 15 is 0 Å². The molecule has 5 nitrogen and oxygen atoms in total. The fraction of sp³-hybridized carbons (Fsp3) is 0.120. The maximum atomic E-state index is 12.9. The zero-order valence-corrected chi connectivity index (χ0v) is 17.5. The van der Waals surface area contributed by atoms with Crippen LogP contribution < -0.4 is 14.8 Å². The lowest BCUT2D eigenvalue weighted by molar-refractivity contribution is -0.137. The fourth-order valence-electron chi connectivity index (χ4n) is 2.92. The Balaban J connectivity index is 1.76. The predicted molar refractivity (Wildman–Crippen MR) is 117 cm³/mol. The van der Waals surface area contributed by atoms with Gasteiger partial charge in [-0.2, -0.15) is 18.4 Å². The number of nitriles is 1. The van der Waals surface area contributed by atoms with E-state index in [0.29, 0.717) is 23.7 Å². The third kappa shape index (κ3) is 6.37. The van der Waals surface area contributed by atoms with Crippen LogP contribution in [0.4, 0.5) is 18.9 Å². The van der Waals surface area contributed by atoms with Crippen molar-refractivity contribution in [1.29, 1.82) is 5.26 Å². The number of carbonyl (C=O) groups excluding carboxylic acids is 1. The van der Waals surface area contributed by atoms with E-state index < -0.39 is 17.6 Å². The summed E-state index contributed by atoms with van der Waals surface area (Å²) in [5.74, 6) is 0.0425. The molecule has 8 heteroatoms. The van der Waals surface area contributed by atoms with Crippen LogP contribution in [0.25, 0.3) is 6.08 Å². The molecule has 0 aliphatic carbocycles. The highest BCUT2D eigenvalue weighted by atomic mass is 19.4. The van der Waals surface area contributed by atoms with E-state index in [1.165, 1.54) is 25.3 Å². The van der Waals surface area contributed by atoms with Gasteiger partial charge in [-0.25, -0.2) is 0 Å². The summed E-state index contributed by atoms with van der Waals surface area (Å²) in [5.41, 5.74) is 0.195. The van der Waals surface area contributed by atoms with Gasteiger partial charge in [0, 0.05) is 5.69 Å². The number of hydrogen-bond donors (Lipinski definition) is 1. The van der Waals surface area contributed by atoms with Crippen molar-refractivity contribution in [3.8, 4) is 17.6 Å². The van der Waals surface area contributed by atoms with Gasteiger partial charge >= 0.3 is 6.18 Å². The zero-order chi connectivity index (χ0) is 23.8. The zero-order valence-electron chi connectivity index (χ0n) is 17.5. The third-order valence-electron chi connectivity index (χ3n) is 4.55. The number of rotatable bonds is 7. The second kappa shape index (κ2) is 10.4. The van der Waals surface area contributed by atoms with Gasteiger partial charge in [-0.15, -0.1) is 0 Å². The van der Waals surface area contributed by atoms with Gasteiger partial charge in [0.25, 0.3) is 5.91 Å². The van der Waals surface area contributed by atoms with Crippen molar-refractivity contribution >= 4 is 17.7 Å². The molecular weight excluding hydrogens is 433 g/mol. The van der Waals surface area contributed by atoms with Gasteiger partial charge in [-0.05, 0) is 47.5 Å². The van der Waals surface area contributed by atoms with Crippen molar-refractivity contribution in [2.45, 2.75) is 12.8 Å². The highest BCUT2D eigenvalue weighted by Gasteiger charge is 2.30. The Morgan fingerprint density at radius 2 is 1.79 bits per heavy atom. The lowest BCUT2D eigenvalue weighted by atomic mass is 10.1. The molecule has 33 heavy (non-hydrogen) atoms. The van der Waals surface area contributed by atoms with E-state index in [0.717, 1.165) is 17.7 Å². The minimum Gasteiger partial charge on any atom is -0.493 e. The van der Waals surface area contributed by atoms with Crippen LogP contribution >= 0.6 is 0 Å². The Morgan fingerprint density at radius 3 is 2.45 bits per heavy atom. The molecular formula is C25H19F3N2O3. The van der Waals surface area contributed by atoms with Crippen molar-refractivity contribution in [2.75, 3.05) is 12.4 Å². The Kier molecular flexibility index (Phi) is 7.36. The molecule has 3 aromatic rings. The normalized spacial score (nSPS) is 11.4. The number of halogens is 3. The van der Waals surface area contributed by atoms with Crippen molar-refractivity contribution in [1.82, 2.24) is 0 Å². The van der Waals surface area contributed by atoms with Crippen LogP contribution in [0.5, 0.6) is 11.5 Å².